The van der Waals surface area contributed by atoms with Crippen molar-refractivity contribution in [1.82, 2.24) is 0 Å². The lowest BCUT2D eigenvalue weighted by molar-refractivity contribution is 0.210. The van der Waals surface area contributed by atoms with Gasteiger partial charge in [0.2, 0.25) is 0 Å². The van der Waals surface area contributed by atoms with Crippen LogP contribution >= 0.6 is 0 Å². The van der Waals surface area contributed by atoms with Gasteiger partial charge in [0, 0.05) is 0 Å². The van der Waals surface area contributed by atoms with Crippen molar-refractivity contribution in [1.29, 1.82) is 0 Å². The van der Waals surface area contributed by atoms with E-state index in [2.05, 4.69) is 12.1 Å². The standard InChI is InChI=1S/C12H17NO/c1-12(13,8-14)11-6-5-9-3-2-4-10(9)7-11/h5-7,14H,2-4,8,13H2,1H3/t12-/m0/s1. The third-order valence-corrected chi connectivity index (χ3v) is 3.09. The van der Waals surface area contributed by atoms with E-state index in [1.165, 1.54) is 24.0 Å². The third kappa shape index (κ3) is 1.56. The highest BCUT2D eigenvalue weighted by atomic mass is 16.3. The zero-order valence-electron chi connectivity index (χ0n) is 8.59. The number of aliphatic hydroxyl groups is 1. The van der Waals surface area contributed by atoms with Crippen molar-refractivity contribution in [2.45, 2.75) is 31.7 Å². The Morgan fingerprint density at radius 3 is 2.79 bits per heavy atom. The number of aliphatic hydroxyl groups excluding tert-OH is 1. The molecule has 76 valence electrons. The minimum absolute atomic E-state index is 0.00815. The molecule has 0 heterocycles. The van der Waals surface area contributed by atoms with Crippen LogP contribution < -0.4 is 5.73 Å². The van der Waals surface area contributed by atoms with Crippen molar-refractivity contribution >= 4 is 0 Å². The largest absolute Gasteiger partial charge is 0.394 e. The Balaban J connectivity index is 2.38. The van der Waals surface area contributed by atoms with Crippen molar-refractivity contribution < 1.29 is 5.11 Å². The summed E-state index contributed by atoms with van der Waals surface area (Å²) in [4.78, 5) is 0. The van der Waals surface area contributed by atoms with Crippen LogP contribution in [-0.4, -0.2) is 11.7 Å². The first-order valence-corrected chi connectivity index (χ1v) is 5.15. The fourth-order valence-electron chi connectivity index (χ4n) is 2.02. The van der Waals surface area contributed by atoms with Gasteiger partial charge in [0.05, 0.1) is 12.1 Å². The summed E-state index contributed by atoms with van der Waals surface area (Å²) in [6.07, 6.45) is 3.60. The number of nitrogens with two attached hydrogens (primary N) is 1. The molecule has 1 atom stereocenters. The number of benzene rings is 1. The first-order chi connectivity index (χ1) is 6.63. The van der Waals surface area contributed by atoms with Gasteiger partial charge in [-0.25, -0.2) is 0 Å². The second-order valence-corrected chi connectivity index (χ2v) is 4.41. The predicted molar refractivity (Wildman–Crippen MR) is 57.1 cm³/mol. The Morgan fingerprint density at radius 2 is 2.07 bits per heavy atom. The Bertz CT molecular complexity index is 344. The number of aryl methyl sites for hydroxylation is 2. The maximum absolute atomic E-state index is 9.17. The normalized spacial score (nSPS) is 19.1. The van der Waals surface area contributed by atoms with Crippen LogP contribution in [0.3, 0.4) is 0 Å². The van der Waals surface area contributed by atoms with Crippen LogP contribution in [0.5, 0.6) is 0 Å². The summed E-state index contributed by atoms with van der Waals surface area (Å²) in [6, 6.07) is 6.34. The number of fused-ring (bicyclic) bond motifs is 1. The van der Waals surface area contributed by atoms with Crippen molar-refractivity contribution in [3.05, 3.63) is 34.9 Å². The lowest BCUT2D eigenvalue weighted by Gasteiger charge is -2.23. The van der Waals surface area contributed by atoms with Gasteiger partial charge in [-0.05, 0) is 42.9 Å². The number of hydrogen-bond acceptors (Lipinski definition) is 2. The van der Waals surface area contributed by atoms with Gasteiger partial charge in [-0.1, -0.05) is 18.2 Å². The molecule has 0 unspecified atom stereocenters. The van der Waals surface area contributed by atoms with Gasteiger partial charge in [0.15, 0.2) is 0 Å². The first-order valence-electron chi connectivity index (χ1n) is 5.15. The molecule has 2 nitrogen and oxygen atoms in total. The van der Waals surface area contributed by atoms with Gasteiger partial charge in [-0.2, -0.15) is 0 Å². The molecule has 0 bridgehead atoms. The summed E-state index contributed by atoms with van der Waals surface area (Å²) < 4.78 is 0. The SMILES string of the molecule is C[C@](N)(CO)c1ccc2c(c1)CCC2. The first kappa shape index (κ1) is 9.69. The highest BCUT2D eigenvalue weighted by Crippen LogP contribution is 2.26. The highest BCUT2D eigenvalue weighted by molar-refractivity contribution is 5.37. The zero-order valence-corrected chi connectivity index (χ0v) is 8.59. The van der Waals surface area contributed by atoms with Crippen LogP contribution in [-0.2, 0) is 18.4 Å². The van der Waals surface area contributed by atoms with Crippen molar-refractivity contribution in [2.75, 3.05) is 6.61 Å². The van der Waals surface area contributed by atoms with Crippen LogP contribution in [0.25, 0.3) is 0 Å². The van der Waals surface area contributed by atoms with Gasteiger partial charge in [0.1, 0.15) is 0 Å². The van der Waals surface area contributed by atoms with E-state index >= 15 is 0 Å². The quantitative estimate of drug-likeness (QED) is 0.741. The van der Waals surface area contributed by atoms with E-state index in [4.69, 9.17) is 5.73 Å². The zero-order chi connectivity index (χ0) is 10.2. The second-order valence-electron chi connectivity index (χ2n) is 4.41. The van der Waals surface area contributed by atoms with Crippen molar-refractivity contribution in [3.63, 3.8) is 0 Å². The smallest absolute Gasteiger partial charge is 0.0650 e. The third-order valence-electron chi connectivity index (χ3n) is 3.09. The van der Waals surface area contributed by atoms with E-state index in [1.54, 1.807) is 0 Å². The van der Waals surface area contributed by atoms with E-state index in [0.717, 1.165) is 12.0 Å². The molecular weight excluding hydrogens is 174 g/mol. The molecule has 0 saturated heterocycles. The molecule has 0 fully saturated rings. The summed E-state index contributed by atoms with van der Waals surface area (Å²) in [5.41, 5.74) is 9.28. The Labute approximate surface area is 84.7 Å². The van der Waals surface area contributed by atoms with Gasteiger partial charge >= 0.3 is 0 Å². The van der Waals surface area contributed by atoms with E-state index in [1.807, 2.05) is 13.0 Å². The van der Waals surface area contributed by atoms with Crippen molar-refractivity contribution in [3.8, 4) is 0 Å². The van der Waals surface area contributed by atoms with Gasteiger partial charge in [0.25, 0.3) is 0 Å². The Kier molecular flexibility index (Phi) is 2.33. The molecule has 1 aliphatic carbocycles. The number of rotatable bonds is 2. The average molecular weight is 191 g/mol. The van der Waals surface area contributed by atoms with E-state index in [9.17, 15) is 5.11 Å². The van der Waals surface area contributed by atoms with Crippen LogP contribution in [0.15, 0.2) is 18.2 Å². The minimum Gasteiger partial charge on any atom is -0.394 e. The Hall–Kier alpha value is -0.860. The number of hydrogen-bond donors (Lipinski definition) is 2. The molecule has 0 saturated carbocycles. The van der Waals surface area contributed by atoms with E-state index in [0.29, 0.717) is 0 Å². The molecule has 0 aliphatic heterocycles. The van der Waals surface area contributed by atoms with Crippen LogP contribution in [0.1, 0.15) is 30.0 Å². The lowest BCUT2D eigenvalue weighted by Crippen LogP contribution is -2.37. The average Bonchev–Trinajstić information content (AvgIpc) is 2.64. The van der Waals surface area contributed by atoms with Crippen LogP contribution in [0.2, 0.25) is 0 Å². The molecule has 2 heteroatoms. The molecule has 3 N–H and O–H groups in total. The molecule has 2 rings (SSSR count). The lowest BCUT2D eigenvalue weighted by atomic mass is 9.91. The van der Waals surface area contributed by atoms with E-state index in [-0.39, 0.29) is 6.61 Å². The monoisotopic (exact) mass is 191 g/mol. The van der Waals surface area contributed by atoms with Crippen LogP contribution in [0, 0.1) is 0 Å². The fraction of sp³-hybridized carbons (Fsp3) is 0.500. The molecule has 0 spiro atoms. The molecule has 1 aromatic rings. The topological polar surface area (TPSA) is 46.2 Å². The van der Waals surface area contributed by atoms with Gasteiger partial charge in [-0.3, -0.25) is 0 Å². The molecule has 0 radical (unpaired) electrons. The molecule has 1 aliphatic rings. The summed E-state index contributed by atoms with van der Waals surface area (Å²) in [7, 11) is 0. The molecule has 0 amide bonds. The van der Waals surface area contributed by atoms with Crippen LogP contribution in [0.4, 0.5) is 0 Å². The predicted octanol–water partition coefficient (Wildman–Crippen LogP) is 1.34. The maximum atomic E-state index is 9.17. The highest BCUT2D eigenvalue weighted by Gasteiger charge is 2.21. The molecular formula is C12H17NO. The molecule has 14 heavy (non-hydrogen) atoms. The van der Waals surface area contributed by atoms with Gasteiger partial charge in [-0.15, -0.1) is 0 Å². The summed E-state index contributed by atoms with van der Waals surface area (Å²) >= 11 is 0. The molecule has 0 aromatic heterocycles. The summed E-state index contributed by atoms with van der Waals surface area (Å²) in [5.74, 6) is 0. The summed E-state index contributed by atoms with van der Waals surface area (Å²) in [5, 5.41) is 9.17. The second kappa shape index (κ2) is 3.37. The summed E-state index contributed by atoms with van der Waals surface area (Å²) in [6.45, 7) is 1.86. The minimum atomic E-state index is -0.600. The van der Waals surface area contributed by atoms with Crippen molar-refractivity contribution in [2.24, 2.45) is 5.73 Å². The van der Waals surface area contributed by atoms with E-state index < -0.39 is 5.54 Å². The maximum Gasteiger partial charge on any atom is 0.0650 e. The Morgan fingerprint density at radius 1 is 1.36 bits per heavy atom. The fourth-order valence-corrected chi connectivity index (χ4v) is 2.02. The molecule has 1 aromatic carbocycles. The van der Waals surface area contributed by atoms with Gasteiger partial charge < -0.3 is 10.8 Å².